The molecule has 3 rings (SSSR count). The Hall–Kier alpha value is -1.34. The fourth-order valence-corrected chi connectivity index (χ4v) is 6.37. The molecule has 2 heterocycles. The first-order valence-corrected chi connectivity index (χ1v) is 13.5. The van der Waals surface area contributed by atoms with E-state index in [0.29, 0.717) is 6.42 Å². The molecule has 2 nitrogen and oxygen atoms in total. The van der Waals surface area contributed by atoms with E-state index in [9.17, 15) is 5.26 Å². The number of hydrogen-bond acceptors (Lipinski definition) is 3. The van der Waals surface area contributed by atoms with Gasteiger partial charge in [0.2, 0.25) is 0 Å². The second-order valence-corrected chi connectivity index (χ2v) is 12.0. The number of thiophene rings is 1. The Morgan fingerprint density at radius 3 is 2.31 bits per heavy atom. The van der Waals surface area contributed by atoms with Crippen molar-refractivity contribution in [3.05, 3.63) is 46.3 Å². The van der Waals surface area contributed by atoms with Gasteiger partial charge >= 0.3 is 0 Å². The summed E-state index contributed by atoms with van der Waals surface area (Å²) in [6.45, 7) is 10.3. The molecule has 0 aliphatic carbocycles. The smallest absolute Gasteiger partial charge is 0.0934 e. The maximum absolute atomic E-state index is 9.64. The summed E-state index contributed by atoms with van der Waals surface area (Å²) < 4.78 is 0.835. The fraction of sp³-hybridized carbons (Fsp3) is 0.607. The van der Waals surface area contributed by atoms with Crippen LogP contribution < -0.4 is 0 Å². The van der Waals surface area contributed by atoms with Gasteiger partial charge in [-0.3, -0.25) is 4.90 Å². The summed E-state index contributed by atoms with van der Waals surface area (Å²) in [5.41, 5.74) is 2.98. The lowest BCUT2D eigenvalue weighted by Crippen LogP contribution is -2.47. The van der Waals surface area contributed by atoms with Crippen LogP contribution in [0.4, 0.5) is 0 Å². The van der Waals surface area contributed by atoms with Gasteiger partial charge in [-0.2, -0.15) is 5.26 Å². The zero-order valence-corrected chi connectivity index (χ0v) is 21.7. The molecule has 0 amide bonds. The minimum absolute atomic E-state index is 0.158. The van der Waals surface area contributed by atoms with Crippen molar-refractivity contribution in [2.45, 2.75) is 85.1 Å². The number of nitriles is 1. The van der Waals surface area contributed by atoms with Gasteiger partial charge in [0.1, 0.15) is 0 Å². The van der Waals surface area contributed by atoms with Crippen molar-refractivity contribution in [2.24, 2.45) is 10.8 Å². The first kappa shape index (κ1) is 25.3. The van der Waals surface area contributed by atoms with Gasteiger partial charge in [0.25, 0.3) is 0 Å². The molecule has 2 aromatic rings. The van der Waals surface area contributed by atoms with Crippen LogP contribution in [0.25, 0.3) is 10.4 Å². The van der Waals surface area contributed by atoms with Crippen LogP contribution >= 0.6 is 22.9 Å². The van der Waals surface area contributed by atoms with Crippen molar-refractivity contribution < 1.29 is 0 Å². The van der Waals surface area contributed by atoms with Gasteiger partial charge in [0, 0.05) is 17.8 Å². The van der Waals surface area contributed by atoms with Crippen LogP contribution in [0.5, 0.6) is 0 Å². The number of nitrogens with zero attached hydrogens (tertiary/aromatic N) is 2. The van der Waals surface area contributed by atoms with Crippen LogP contribution in [0, 0.1) is 22.2 Å². The van der Waals surface area contributed by atoms with Crippen LogP contribution in [0.3, 0.4) is 0 Å². The lowest BCUT2D eigenvalue weighted by atomic mass is 9.57. The van der Waals surface area contributed by atoms with E-state index in [1.807, 2.05) is 6.07 Å². The summed E-state index contributed by atoms with van der Waals surface area (Å²) in [6.07, 6.45) is 10.8. The highest BCUT2D eigenvalue weighted by Crippen LogP contribution is 2.52. The molecule has 4 heteroatoms. The molecule has 1 fully saturated rings. The molecule has 0 bridgehead atoms. The third-order valence-corrected chi connectivity index (χ3v) is 9.07. The Bertz CT molecular complexity index is 870. The van der Waals surface area contributed by atoms with Crippen LogP contribution in [0.2, 0.25) is 4.34 Å². The highest BCUT2D eigenvalue weighted by molar-refractivity contribution is 7.19. The summed E-state index contributed by atoms with van der Waals surface area (Å²) in [7, 11) is 0. The molecule has 0 N–H and O–H groups in total. The molecule has 0 saturated carbocycles. The summed E-state index contributed by atoms with van der Waals surface area (Å²) in [4.78, 5) is 3.79. The topological polar surface area (TPSA) is 27.0 Å². The van der Waals surface area contributed by atoms with Gasteiger partial charge in [-0.1, -0.05) is 88.7 Å². The molecule has 0 atom stereocenters. The molecule has 1 aliphatic heterocycles. The van der Waals surface area contributed by atoms with E-state index in [1.165, 1.54) is 54.5 Å². The Morgan fingerprint density at radius 2 is 1.72 bits per heavy atom. The van der Waals surface area contributed by atoms with Gasteiger partial charge < -0.3 is 0 Å². The monoisotopic (exact) mass is 470 g/mol. The van der Waals surface area contributed by atoms with Gasteiger partial charge in [-0.15, -0.1) is 11.3 Å². The number of unbranched alkanes of at least 4 members (excludes halogenated alkanes) is 4. The largest absolute Gasteiger partial charge is 0.299 e. The lowest BCUT2D eigenvalue weighted by Gasteiger charge is -2.51. The Morgan fingerprint density at radius 1 is 1.03 bits per heavy atom. The average Bonchev–Trinajstić information content (AvgIpc) is 3.22. The number of benzene rings is 1. The van der Waals surface area contributed by atoms with Crippen molar-refractivity contribution in [3.63, 3.8) is 0 Å². The molecule has 32 heavy (non-hydrogen) atoms. The summed E-state index contributed by atoms with van der Waals surface area (Å²) in [6, 6.07) is 15.5. The Labute approximate surface area is 204 Å². The molecule has 0 radical (unpaired) electrons. The number of rotatable bonds is 11. The second-order valence-electron chi connectivity index (χ2n) is 10.2. The molecule has 0 unspecified atom stereocenters. The van der Waals surface area contributed by atoms with E-state index in [2.05, 4.69) is 62.1 Å². The van der Waals surface area contributed by atoms with Crippen molar-refractivity contribution in [1.82, 2.24) is 4.90 Å². The predicted octanol–water partition coefficient (Wildman–Crippen LogP) is 8.95. The number of hydrogen-bond donors (Lipinski definition) is 0. The molecule has 1 saturated heterocycles. The minimum atomic E-state index is 0.158. The molecule has 1 aromatic carbocycles. The zero-order valence-electron chi connectivity index (χ0n) is 20.1. The third-order valence-electron chi connectivity index (χ3n) is 7.79. The standard InChI is InChI=1S/C28H39ClN2S/c1-4-5-6-7-8-15-27(2,3)28(16-19-30)17-20-31(21-18-28)22-23-9-11-24(12-10-23)25-13-14-26(29)32-25/h9-14H,4-8,15-18,20-22H2,1-3H3. The van der Waals surface area contributed by atoms with Crippen LogP contribution in [0.15, 0.2) is 36.4 Å². The quantitative estimate of drug-likeness (QED) is 0.306. The zero-order chi connectivity index (χ0) is 23.0. The summed E-state index contributed by atoms with van der Waals surface area (Å²) in [5, 5.41) is 9.64. The van der Waals surface area contributed by atoms with Gasteiger partial charge in [0.15, 0.2) is 0 Å². The summed E-state index contributed by atoms with van der Waals surface area (Å²) >= 11 is 7.71. The van der Waals surface area contributed by atoms with Crippen molar-refractivity contribution in [3.8, 4) is 16.5 Å². The summed E-state index contributed by atoms with van der Waals surface area (Å²) in [5.74, 6) is 0. The van der Waals surface area contributed by atoms with Crippen LogP contribution in [-0.4, -0.2) is 18.0 Å². The van der Waals surface area contributed by atoms with E-state index in [0.717, 1.165) is 36.8 Å². The van der Waals surface area contributed by atoms with Gasteiger partial charge in [-0.05, 0) is 66.4 Å². The van der Waals surface area contributed by atoms with E-state index in [1.54, 1.807) is 11.3 Å². The van der Waals surface area contributed by atoms with E-state index in [-0.39, 0.29) is 10.8 Å². The lowest BCUT2D eigenvalue weighted by molar-refractivity contribution is -0.0109. The fourth-order valence-electron chi connectivity index (χ4n) is 5.32. The van der Waals surface area contributed by atoms with Gasteiger partial charge in [-0.25, -0.2) is 0 Å². The van der Waals surface area contributed by atoms with Crippen LogP contribution in [0.1, 0.15) is 84.1 Å². The Balaban J connectivity index is 1.56. The highest BCUT2D eigenvalue weighted by Gasteiger charge is 2.46. The molecule has 174 valence electrons. The maximum atomic E-state index is 9.64. The van der Waals surface area contributed by atoms with E-state index >= 15 is 0 Å². The molecular weight excluding hydrogens is 432 g/mol. The Kier molecular flexibility index (Phi) is 9.23. The first-order valence-electron chi connectivity index (χ1n) is 12.3. The van der Waals surface area contributed by atoms with Gasteiger partial charge in [0.05, 0.1) is 10.4 Å². The van der Waals surface area contributed by atoms with Crippen molar-refractivity contribution in [1.29, 1.82) is 5.26 Å². The van der Waals surface area contributed by atoms with E-state index in [4.69, 9.17) is 11.6 Å². The minimum Gasteiger partial charge on any atom is -0.299 e. The molecule has 0 spiro atoms. The van der Waals surface area contributed by atoms with Crippen molar-refractivity contribution in [2.75, 3.05) is 13.1 Å². The normalized spacial score (nSPS) is 16.7. The first-order chi connectivity index (χ1) is 15.4. The number of piperidine rings is 1. The highest BCUT2D eigenvalue weighted by atomic mass is 35.5. The number of likely N-dealkylation sites (tertiary alicyclic amines) is 1. The number of halogens is 1. The molecular formula is C28H39ClN2S. The van der Waals surface area contributed by atoms with Crippen molar-refractivity contribution >= 4 is 22.9 Å². The third kappa shape index (κ3) is 6.37. The molecule has 1 aliphatic rings. The SMILES string of the molecule is CCCCCCCC(C)(C)C1(CC#N)CCN(Cc2ccc(-c3ccc(Cl)s3)cc2)CC1. The second kappa shape index (κ2) is 11.7. The van der Waals surface area contributed by atoms with Crippen LogP contribution in [-0.2, 0) is 6.54 Å². The maximum Gasteiger partial charge on any atom is 0.0934 e. The van der Waals surface area contributed by atoms with E-state index < -0.39 is 0 Å². The predicted molar refractivity (Wildman–Crippen MR) is 139 cm³/mol. The average molecular weight is 471 g/mol. The molecule has 1 aromatic heterocycles.